The van der Waals surface area contributed by atoms with Gasteiger partial charge in [-0.1, -0.05) is 54.6 Å². The van der Waals surface area contributed by atoms with E-state index >= 15 is 0 Å². The Morgan fingerprint density at radius 2 is 1.57 bits per heavy atom. The molecule has 1 aliphatic heterocycles. The van der Waals surface area contributed by atoms with E-state index in [0.29, 0.717) is 5.56 Å². The molecule has 5 aromatic rings. The second kappa shape index (κ2) is 11.7. The van der Waals surface area contributed by atoms with E-state index in [1.807, 2.05) is 54.9 Å². The summed E-state index contributed by atoms with van der Waals surface area (Å²) in [7, 11) is 0. The molecule has 3 heterocycles. The first-order valence-corrected chi connectivity index (χ1v) is 13.6. The Bertz CT molecular complexity index is 1620. The summed E-state index contributed by atoms with van der Waals surface area (Å²) < 4.78 is 13.9. The summed E-state index contributed by atoms with van der Waals surface area (Å²) in [6.45, 7) is 4.63. The fourth-order valence-corrected chi connectivity index (χ4v) is 5.18. The number of pyridine rings is 1. The van der Waals surface area contributed by atoms with Crippen LogP contribution in [0.3, 0.4) is 0 Å². The Morgan fingerprint density at radius 1 is 0.775 bits per heavy atom. The van der Waals surface area contributed by atoms with Gasteiger partial charge in [0.15, 0.2) is 0 Å². The van der Waals surface area contributed by atoms with Crippen molar-refractivity contribution in [3.63, 3.8) is 0 Å². The summed E-state index contributed by atoms with van der Waals surface area (Å²) in [6.07, 6.45) is 5.98. The zero-order valence-corrected chi connectivity index (χ0v) is 22.2. The number of anilines is 1. The molecule has 6 nitrogen and oxygen atoms in total. The number of carbonyl (C=O) groups is 1. The molecular formula is C33H30FN5O. The van der Waals surface area contributed by atoms with Crippen LogP contribution < -0.4 is 4.90 Å². The van der Waals surface area contributed by atoms with Gasteiger partial charge in [-0.3, -0.25) is 19.7 Å². The molecule has 0 bridgehead atoms. The number of Topliss-reactive ketones (excluding diaryl/α,β-unsaturated/α-hetero) is 1. The molecular weight excluding hydrogens is 501 g/mol. The van der Waals surface area contributed by atoms with Gasteiger partial charge in [0.1, 0.15) is 17.4 Å². The smallest absolute Gasteiger partial charge is 0.147 e. The number of aromatic nitrogens is 3. The van der Waals surface area contributed by atoms with Gasteiger partial charge in [-0.05, 0) is 52.1 Å². The van der Waals surface area contributed by atoms with Gasteiger partial charge in [0.05, 0.1) is 17.2 Å². The van der Waals surface area contributed by atoms with Gasteiger partial charge < -0.3 is 4.90 Å². The first-order chi connectivity index (χ1) is 19.6. The number of rotatable bonds is 8. The lowest BCUT2D eigenvalue weighted by Crippen LogP contribution is -2.46. The topological polar surface area (TPSA) is 62.2 Å². The van der Waals surface area contributed by atoms with Crippen molar-refractivity contribution in [2.45, 2.75) is 19.4 Å². The minimum Gasteiger partial charge on any atom is -0.353 e. The van der Waals surface area contributed by atoms with Crippen molar-refractivity contribution in [1.82, 2.24) is 19.9 Å². The van der Waals surface area contributed by atoms with Crippen LogP contribution in [0, 0.1) is 5.82 Å². The molecule has 0 aliphatic carbocycles. The van der Waals surface area contributed by atoms with Crippen molar-refractivity contribution in [3.05, 3.63) is 120 Å². The predicted molar refractivity (Wildman–Crippen MR) is 156 cm³/mol. The molecule has 0 spiro atoms. The summed E-state index contributed by atoms with van der Waals surface area (Å²) in [5.74, 6) is 0.551. The molecule has 1 saturated heterocycles. The Hall–Kier alpha value is -4.49. The van der Waals surface area contributed by atoms with Crippen molar-refractivity contribution in [3.8, 4) is 11.1 Å². The van der Waals surface area contributed by atoms with Gasteiger partial charge in [0.2, 0.25) is 0 Å². The third kappa shape index (κ3) is 6.05. The number of fused-ring (bicyclic) bond motifs is 1. The number of benzene rings is 3. The van der Waals surface area contributed by atoms with Crippen LogP contribution in [0.25, 0.3) is 22.2 Å². The third-order valence-corrected chi connectivity index (χ3v) is 7.39. The van der Waals surface area contributed by atoms with E-state index in [2.05, 4.69) is 31.9 Å². The van der Waals surface area contributed by atoms with E-state index in [-0.39, 0.29) is 24.4 Å². The van der Waals surface area contributed by atoms with E-state index in [9.17, 15) is 9.18 Å². The second-order valence-corrected chi connectivity index (χ2v) is 10.2. The van der Waals surface area contributed by atoms with Crippen LogP contribution in [0.2, 0.25) is 0 Å². The molecule has 7 heteroatoms. The molecule has 0 atom stereocenters. The number of halogens is 1. The third-order valence-electron chi connectivity index (χ3n) is 7.39. The molecule has 2 aromatic heterocycles. The van der Waals surface area contributed by atoms with Crippen molar-refractivity contribution < 1.29 is 9.18 Å². The average Bonchev–Trinajstić information content (AvgIpc) is 2.99. The lowest BCUT2D eigenvalue weighted by molar-refractivity contribution is -0.117. The van der Waals surface area contributed by atoms with Gasteiger partial charge in [-0.15, -0.1) is 0 Å². The van der Waals surface area contributed by atoms with E-state index in [4.69, 9.17) is 4.98 Å². The average molecular weight is 532 g/mol. The number of hydrogen-bond acceptors (Lipinski definition) is 6. The second-order valence-electron chi connectivity index (χ2n) is 10.2. The summed E-state index contributed by atoms with van der Waals surface area (Å²) >= 11 is 0. The van der Waals surface area contributed by atoms with Crippen LogP contribution in [0.15, 0.2) is 97.5 Å². The standard InChI is InChI=1S/C33H30FN5O/c34-30-6-2-1-5-28(30)19-29(40)18-24-7-9-26(10-8-24)27-11-12-31-32(20-27)37-33(22-36-31)39-16-14-38(15-17-39)23-25-4-3-13-35-21-25/h1-13,20-22H,14-19,23H2. The molecule has 0 saturated carbocycles. The zero-order chi connectivity index (χ0) is 27.3. The quantitative estimate of drug-likeness (QED) is 0.263. The van der Waals surface area contributed by atoms with Gasteiger partial charge in [-0.2, -0.15) is 0 Å². The molecule has 6 rings (SSSR count). The first-order valence-electron chi connectivity index (χ1n) is 13.6. The van der Waals surface area contributed by atoms with Crippen LogP contribution in [0.5, 0.6) is 0 Å². The maximum absolute atomic E-state index is 13.9. The summed E-state index contributed by atoms with van der Waals surface area (Å²) in [5, 5.41) is 0. The van der Waals surface area contributed by atoms with Crippen molar-refractivity contribution in [2.75, 3.05) is 31.1 Å². The number of hydrogen-bond donors (Lipinski definition) is 0. The van der Waals surface area contributed by atoms with Gasteiger partial charge >= 0.3 is 0 Å². The predicted octanol–water partition coefficient (Wildman–Crippen LogP) is 5.51. The highest BCUT2D eigenvalue weighted by atomic mass is 19.1. The van der Waals surface area contributed by atoms with Crippen molar-refractivity contribution in [1.29, 1.82) is 0 Å². The number of ketones is 1. The SMILES string of the molecule is O=C(Cc1ccc(-c2ccc3ncc(N4CCN(Cc5cccnc5)CC4)nc3c2)cc1)Cc1ccccc1F. The molecule has 200 valence electrons. The Morgan fingerprint density at radius 3 is 2.35 bits per heavy atom. The lowest BCUT2D eigenvalue weighted by atomic mass is 9.99. The fraction of sp³-hybridized carbons (Fsp3) is 0.212. The van der Waals surface area contributed by atoms with Gasteiger partial charge in [0.25, 0.3) is 0 Å². The maximum atomic E-state index is 13.9. The molecule has 1 fully saturated rings. The Labute approximate surface area is 233 Å². The fourth-order valence-electron chi connectivity index (χ4n) is 5.18. The van der Waals surface area contributed by atoms with Crippen LogP contribution in [-0.4, -0.2) is 51.8 Å². The molecule has 1 aliphatic rings. The van der Waals surface area contributed by atoms with Crippen LogP contribution in [0.1, 0.15) is 16.7 Å². The molecule has 0 amide bonds. The molecule has 0 radical (unpaired) electrons. The number of carbonyl (C=O) groups excluding carboxylic acids is 1. The van der Waals surface area contributed by atoms with E-state index in [1.165, 1.54) is 11.6 Å². The van der Waals surface area contributed by atoms with Gasteiger partial charge in [0, 0.05) is 58.0 Å². The zero-order valence-electron chi connectivity index (χ0n) is 22.2. The van der Waals surface area contributed by atoms with Crippen LogP contribution >= 0.6 is 0 Å². The van der Waals surface area contributed by atoms with Gasteiger partial charge in [-0.25, -0.2) is 9.37 Å². The summed E-state index contributed by atoms with van der Waals surface area (Å²) in [4.78, 5) is 31.1. The first kappa shape index (κ1) is 25.8. The minimum atomic E-state index is -0.336. The highest BCUT2D eigenvalue weighted by Crippen LogP contribution is 2.25. The van der Waals surface area contributed by atoms with Crippen molar-refractivity contribution >= 4 is 22.6 Å². The molecule has 3 aromatic carbocycles. The molecule has 0 N–H and O–H groups in total. The van der Waals surface area contributed by atoms with Crippen molar-refractivity contribution in [2.24, 2.45) is 0 Å². The highest BCUT2D eigenvalue weighted by Gasteiger charge is 2.19. The van der Waals surface area contributed by atoms with E-state index < -0.39 is 0 Å². The largest absolute Gasteiger partial charge is 0.353 e. The number of piperazine rings is 1. The maximum Gasteiger partial charge on any atom is 0.147 e. The number of nitrogens with zero attached hydrogens (tertiary/aromatic N) is 5. The monoisotopic (exact) mass is 531 g/mol. The Kier molecular flexibility index (Phi) is 7.55. The van der Waals surface area contributed by atoms with E-state index in [1.54, 1.807) is 24.4 Å². The highest BCUT2D eigenvalue weighted by molar-refractivity contribution is 5.84. The summed E-state index contributed by atoms with van der Waals surface area (Å²) in [6, 6.07) is 24.6. The lowest BCUT2D eigenvalue weighted by Gasteiger charge is -2.35. The molecule has 0 unspecified atom stereocenters. The van der Waals surface area contributed by atoms with Crippen LogP contribution in [-0.2, 0) is 24.2 Å². The molecule has 40 heavy (non-hydrogen) atoms. The summed E-state index contributed by atoms with van der Waals surface area (Å²) in [5.41, 5.74) is 6.39. The van der Waals surface area contributed by atoms with E-state index in [0.717, 1.165) is 66.3 Å². The normalized spacial score (nSPS) is 14.0. The minimum absolute atomic E-state index is 0.00994. The van der Waals surface area contributed by atoms with Crippen LogP contribution in [0.4, 0.5) is 10.2 Å². The Balaban J connectivity index is 1.10.